The summed E-state index contributed by atoms with van der Waals surface area (Å²) in [5, 5.41) is 2.92. The van der Waals surface area contributed by atoms with Gasteiger partial charge in [-0.25, -0.2) is 4.98 Å². The van der Waals surface area contributed by atoms with Crippen molar-refractivity contribution >= 4 is 5.91 Å². The average molecular weight is 250 g/mol. The van der Waals surface area contributed by atoms with Crippen LogP contribution >= 0.6 is 0 Å². The maximum atomic E-state index is 12.6. The van der Waals surface area contributed by atoms with Crippen molar-refractivity contribution in [2.75, 3.05) is 6.54 Å². The summed E-state index contributed by atoms with van der Waals surface area (Å²) < 4.78 is 12.6. The molecule has 1 N–H and O–H groups in total. The minimum absolute atomic E-state index is 0.166. The molecule has 3 nitrogen and oxygen atoms in total. The zero-order valence-electron chi connectivity index (χ0n) is 10.7. The van der Waals surface area contributed by atoms with Crippen molar-refractivity contribution < 1.29 is 9.18 Å². The Hall–Kier alpha value is -1.45. The van der Waals surface area contributed by atoms with Gasteiger partial charge >= 0.3 is 0 Å². The Balaban J connectivity index is 1.86. The summed E-state index contributed by atoms with van der Waals surface area (Å²) in [5.41, 5.74) is 0.417. The minimum Gasteiger partial charge on any atom is -0.352 e. The van der Waals surface area contributed by atoms with Crippen LogP contribution in [0.1, 0.15) is 43.0 Å². The van der Waals surface area contributed by atoms with Crippen molar-refractivity contribution in [3.8, 4) is 0 Å². The van der Waals surface area contributed by atoms with Gasteiger partial charge in [-0.15, -0.1) is 0 Å². The molecule has 1 fully saturated rings. The van der Waals surface area contributed by atoms with E-state index >= 15 is 0 Å². The Kier molecular flexibility index (Phi) is 4.28. The van der Waals surface area contributed by atoms with Crippen molar-refractivity contribution in [1.82, 2.24) is 10.3 Å². The lowest BCUT2D eigenvalue weighted by atomic mass is 9.80. The van der Waals surface area contributed by atoms with E-state index in [1.807, 2.05) is 0 Å². The highest BCUT2D eigenvalue weighted by Gasteiger charge is 2.21. The predicted octanol–water partition coefficient (Wildman–Crippen LogP) is 2.78. The fraction of sp³-hybridized carbons (Fsp3) is 0.571. The molecule has 1 amide bonds. The summed E-state index contributed by atoms with van der Waals surface area (Å²) in [7, 11) is 0. The van der Waals surface area contributed by atoms with Gasteiger partial charge in [0.15, 0.2) is 0 Å². The number of hydrogen-bond acceptors (Lipinski definition) is 2. The highest BCUT2D eigenvalue weighted by atomic mass is 19.1. The van der Waals surface area contributed by atoms with Crippen LogP contribution in [0.2, 0.25) is 0 Å². The molecule has 0 aromatic carbocycles. The molecule has 2 unspecified atom stereocenters. The van der Waals surface area contributed by atoms with Gasteiger partial charge in [-0.2, -0.15) is 4.39 Å². The molecule has 0 radical (unpaired) electrons. The van der Waals surface area contributed by atoms with Gasteiger partial charge in [-0.1, -0.05) is 26.2 Å². The van der Waals surface area contributed by atoms with Crippen LogP contribution in [-0.4, -0.2) is 17.4 Å². The van der Waals surface area contributed by atoms with E-state index in [0.29, 0.717) is 23.9 Å². The van der Waals surface area contributed by atoms with E-state index in [9.17, 15) is 9.18 Å². The van der Waals surface area contributed by atoms with Crippen LogP contribution in [-0.2, 0) is 0 Å². The number of amides is 1. The number of carbonyl (C=O) groups is 1. The lowest BCUT2D eigenvalue weighted by Crippen LogP contribution is -2.33. The molecule has 0 saturated heterocycles. The summed E-state index contributed by atoms with van der Waals surface area (Å²) in [4.78, 5) is 15.3. The van der Waals surface area contributed by atoms with Crippen LogP contribution in [0.3, 0.4) is 0 Å². The molecule has 98 valence electrons. The number of carbonyl (C=O) groups excluding carboxylic acids is 1. The monoisotopic (exact) mass is 250 g/mol. The van der Waals surface area contributed by atoms with Gasteiger partial charge in [-0.3, -0.25) is 4.79 Å². The fourth-order valence-corrected chi connectivity index (χ4v) is 2.53. The summed E-state index contributed by atoms with van der Waals surface area (Å²) >= 11 is 0. The second-order valence-electron chi connectivity index (χ2n) is 5.10. The Morgan fingerprint density at radius 3 is 2.89 bits per heavy atom. The number of hydrogen-bond donors (Lipinski definition) is 1. The Morgan fingerprint density at radius 2 is 2.22 bits per heavy atom. The molecular formula is C14H19FN2O. The third kappa shape index (κ3) is 3.28. The van der Waals surface area contributed by atoms with Crippen LogP contribution in [0, 0.1) is 17.8 Å². The first-order chi connectivity index (χ1) is 8.66. The number of rotatable bonds is 3. The molecule has 2 rings (SSSR count). The lowest BCUT2D eigenvalue weighted by molar-refractivity contribution is 0.0936. The highest BCUT2D eigenvalue weighted by Crippen LogP contribution is 2.28. The predicted molar refractivity (Wildman–Crippen MR) is 67.7 cm³/mol. The molecule has 1 aliphatic carbocycles. The molecule has 1 aromatic heterocycles. The maximum Gasteiger partial charge on any atom is 0.252 e. The first kappa shape index (κ1) is 13.0. The van der Waals surface area contributed by atoms with Crippen LogP contribution in [0.4, 0.5) is 4.39 Å². The summed E-state index contributed by atoms with van der Waals surface area (Å²) in [6, 6.07) is 2.67. The quantitative estimate of drug-likeness (QED) is 0.838. The molecule has 2 atom stereocenters. The van der Waals surface area contributed by atoms with E-state index in [1.54, 1.807) is 0 Å². The van der Waals surface area contributed by atoms with Gasteiger partial charge in [0.05, 0.1) is 5.56 Å². The molecule has 0 spiro atoms. The SMILES string of the molecule is CC1CCCCC1CNC(=O)c1ccc(F)nc1. The van der Waals surface area contributed by atoms with Gasteiger partial charge in [0.25, 0.3) is 5.91 Å². The molecule has 4 heteroatoms. The van der Waals surface area contributed by atoms with Gasteiger partial charge in [0, 0.05) is 12.7 Å². The van der Waals surface area contributed by atoms with E-state index in [4.69, 9.17) is 0 Å². The molecule has 1 saturated carbocycles. The van der Waals surface area contributed by atoms with Gasteiger partial charge in [0.1, 0.15) is 0 Å². The number of nitrogens with zero attached hydrogens (tertiary/aromatic N) is 1. The lowest BCUT2D eigenvalue weighted by Gasteiger charge is -2.28. The minimum atomic E-state index is -0.563. The van der Waals surface area contributed by atoms with Gasteiger partial charge in [-0.05, 0) is 30.4 Å². The molecule has 0 bridgehead atoms. The zero-order chi connectivity index (χ0) is 13.0. The maximum absolute atomic E-state index is 12.6. The number of halogens is 1. The van der Waals surface area contributed by atoms with Crippen LogP contribution < -0.4 is 5.32 Å². The van der Waals surface area contributed by atoms with Crippen molar-refractivity contribution in [1.29, 1.82) is 0 Å². The first-order valence-electron chi connectivity index (χ1n) is 6.56. The summed E-state index contributed by atoms with van der Waals surface area (Å²) in [6.07, 6.45) is 6.26. The van der Waals surface area contributed by atoms with Crippen molar-refractivity contribution in [2.24, 2.45) is 11.8 Å². The molecule has 1 heterocycles. The summed E-state index contributed by atoms with van der Waals surface area (Å²) in [6.45, 7) is 2.95. The standard InChI is InChI=1S/C14H19FN2O/c1-10-4-2-3-5-11(10)8-17-14(18)12-6-7-13(15)16-9-12/h6-7,9-11H,2-5,8H2,1H3,(H,17,18). The van der Waals surface area contributed by atoms with Crippen LogP contribution in [0.15, 0.2) is 18.3 Å². The second kappa shape index (κ2) is 5.94. The Labute approximate surface area is 107 Å². The van der Waals surface area contributed by atoms with E-state index in [-0.39, 0.29) is 5.91 Å². The summed E-state index contributed by atoms with van der Waals surface area (Å²) in [5.74, 6) is 0.509. The molecule has 1 aliphatic rings. The topological polar surface area (TPSA) is 42.0 Å². The fourth-order valence-electron chi connectivity index (χ4n) is 2.53. The third-order valence-corrected chi connectivity index (χ3v) is 3.80. The normalized spacial score (nSPS) is 23.7. The number of pyridine rings is 1. The third-order valence-electron chi connectivity index (χ3n) is 3.80. The van der Waals surface area contributed by atoms with Crippen molar-refractivity contribution in [3.63, 3.8) is 0 Å². The first-order valence-corrected chi connectivity index (χ1v) is 6.56. The van der Waals surface area contributed by atoms with E-state index < -0.39 is 5.95 Å². The van der Waals surface area contributed by atoms with Crippen molar-refractivity contribution in [3.05, 3.63) is 29.8 Å². The van der Waals surface area contributed by atoms with E-state index in [0.717, 1.165) is 0 Å². The molecule has 0 aliphatic heterocycles. The number of aromatic nitrogens is 1. The Bertz CT molecular complexity index is 405. The van der Waals surface area contributed by atoms with E-state index in [2.05, 4.69) is 17.2 Å². The average Bonchev–Trinajstić information content (AvgIpc) is 2.38. The van der Waals surface area contributed by atoms with Gasteiger partial charge < -0.3 is 5.32 Å². The van der Waals surface area contributed by atoms with Crippen LogP contribution in [0.5, 0.6) is 0 Å². The molecular weight excluding hydrogens is 231 g/mol. The molecule has 1 aromatic rings. The largest absolute Gasteiger partial charge is 0.352 e. The zero-order valence-corrected chi connectivity index (χ0v) is 10.7. The van der Waals surface area contributed by atoms with Crippen LogP contribution in [0.25, 0.3) is 0 Å². The smallest absolute Gasteiger partial charge is 0.252 e. The molecule has 18 heavy (non-hydrogen) atoms. The number of nitrogens with one attached hydrogen (secondary N) is 1. The van der Waals surface area contributed by atoms with Crippen molar-refractivity contribution in [2.45, 2.75) is 32.6 Å². The van der Waals surface area contributed by atoms with E-state index in [1.165, 1.54) is 44.0 Å². The second-order valence-corrected chi connectivity index (χ2v) is 5.10. The highest BCUT2D eigenvalue weighted by molar-refractivity contribution is 5.93. The van der Waals surface area contributed by atoms with Gasteiger partial charge in [0.2, 0.25) is 5.95 Å². The Morgan fingerprint density at radius 1 is 1.44 bits per heavy atom.